The zero-order chi connectivity index (χ0) is 19.1. The number of hydrogen-bond acceptors (Lipinski definition) is 7. The van der Waals surface area contributed by atoms with Gasteiger partial charge in [-0.15, -0.1) is 25.5 Å². The number of nitrogens with zero attached hydrogens (tertiary/aromatic N) is 8. The maximum atomic E-state index is 4.53. The van der Waals surface area contributed by atoms with Crippen LogP contribution in [0.1, 0.15) is 69.7 Å². The number of hydrogen-bond donors (Lipinski definition) is 0. The van der Waals surface area contributed by atoms with E-state index in [2.05, 4.69) is 37.5 Å². The van der Waals surface area contributed by atoms with Crippen molar-refractivity contribution in [2.75, 3.05) is 5.75 Å². The Hall–Kier alpha value is -2.03. The van der Waals surface area contributed by atoms with Crippen molar-refractivity contribution in [3.8, 4) is 5.95 Å². The average molecular weight is 389 g/mol. The molecule has 0 atom stereocenters. The Morgan fingerprint density at radius 3 is 2.26 bits per heavy atom. The van der Waals surface area contributed by atoms with Crippen LogP contribution in [0.4, 0.5) is 0 Å². The van der Waals surface area contributed by atoms with Crippen LogP contribution in [0.5, 0.6) is 0 Å². The summed E-state index contributed by atoms with van der Waals surface area (Å²) in [5, 5.41) is 26.2. The summed E-state index contributed by atoms with van der Waals surface area (Å²) in [5.41, 5.74) is 1.89. The molecule has 0 unspecified atom stereocenters. The Bertz CT molecular complexity index is 856. The first-order valence-corrected chi connectivity index (χ1v) is 10.8. The highest BCUT2D eigenvalue weighted by Gasteiger charge is 2.13. The van der Waals surface area contributed by atoms with E-state index in [1.807, 2.05) is 19.9 Å². The predicted octanol–water partition coefficient (Wildman–Crippen LogP) is 3.95. The second-order valence-corrected chi connectivity index (χ2v) is 7.92. The summed E-state index contributed by atoms with van der Waals surface area (Å²) < 4.78 is 3.35. The van der Waals surface area contributed by atoms with Gasteiger partial charge in [0.25, 0.3) is 11.7 Å². The van der Waals surface area contributed by atoms with Gasteiger partial charge < -0.3 is 0 Å². The van der Waals surface area contributed by atoms with Crippen molar-refractivity contribution < 1.29 is 0 Å². The zero-order valence-electron chi connectivity index (χ0n) is 16.4. The molecule has 0 bridgehead atoms. The van der Waals surface area contributed by atoms with Crippen molar-refractivity contribution in [3.05, 3.63) is 17.5 Å². The third-order valence-corrected chi connectivity index (χ3v) is 5.45. The van der Waals surface area contributed by atoms with E-state index in [1.165, 1.54) is 51.4 Å². The Morgan fingerprint density at radius 2 is 1.56 bits per heavy atom. The Balaban J connectivity index is 1.53. The molecule has 3 aromatic heterocycles. The lowest BCUT2D eigenvalue weighted by Gasteiger charge is -2.03. The minimum Gasteiger partial charge on any atom is -0.200 e. The SMILES string of the molecule is CCCCCCCCCCSc1nnc2nnc(-n3nc(C)cc3C)nn12. The second-order valence-electron chi connectivity index (χ2n) is 6.86. The highest BCUT2D eigenvalue weighted by atomic mass is 32.2. The summed E-state index contributed by atoms with van der Waals surface area (Å²) in [5.74, 6) is 1.86. The van der Waals surface area contributed by atoms with E-state index in [4.69, 9.17) is 0 Å². The summed E-state index contributed by atoms with van der Waals surface area (Å²) in [6, 6.07) is 1.98. The summed E-state index contributed by atoms with van der Waals surface area (Å²) in [7, 11) is 0. The highest BCUT2D eigenvalue weighted by Crippen LogP contribution is 2.18. The van der Waals surface area contributed by atoms with Gasteiger partial charge in [-0.3, -0.25) is 0 Å². The average Bonchev–Trinajstić information content (AvgIpc) is 3.22. The molecular formula is C18H28N8S. The maximum absolute atomic E-state index is 4.53. The van der Waals surface area contributed by atoms with Gasteiger partial charge in [0.1, 0.15) is 0 Å². The van der Waals surface area contributed by atoms with Gasteiger partial charge in [-0.25, -0.2) is 4.68 Å². The minimum absolute atomic E-state index is 0.415. The third-order valence-electron chi connectivity index (χ3n) is 4.44. The number of aromatic nitrogens is 8. The van der Waals surface area contributed by atoms with Crippen LogP contribution in [-0.4, -0.2) is 45.5 Å². The van der Waals surface area contributed by atoms with E-state index in [-0.39, 0.29) is 0 Å². The Labute approximate surface area is 164 Å². The highest BCUT2D eigenvalue weighted by molar-refractivity contribution is 7.99. The molecule has 0 aromatic carbocycles. The topological polar surface area (TPSA) is 86.7 Å². The minimum atomic E-state index is 0.415. The van der Waals surface area contributed by atoms with Gasteiger partial charge in [-0.05, 0) is 26.3 Å². The summed E-state index contributed by atoms with van der Waals surface area (Å²) in [6.45, 7) is 6.17. The van der Waals surface area contributed by atoms with Crippen molar-refractivity contribution in [1.82, 2.24) is 39.8 Å². The number of thioether (sulfide) groups is 1. The molecule has 0 aliphatic carbocycles. The van der Waals surface area contributed by atoms with Crippen molar-refractivity contribution >= 4 is 17.5 Å². The first-order chi connectivity index (χ1) is 13.2. The predicted molar refractivity (Wildman–Crippen MR) is 106 cm³/mol. The monoisotopic (exact) mass is 388 g/mol. The maximum Gasteiger partial charge on any atom is 0.291 e. The van der Waals surface area contributed by atoms with Crippen molar-refractivity contribution in [2.24, 2.45) is 0 Å². The molecule has 0 saturated heterocycles. The van der Waals surface area contributed by atoms with E-state index < -0.39 is 0 Å². The van der Waals surface area contributed by atoms with Gasteiger partial charge in [0.05, 0.1) is 5.69 Å². The first kappa shape index (κ1) is 19.7. The van der Waals surface area contributed by atoms with Gasteiger partial charge in [-0.1, -0.05) is 63.6 Å². The molecule has 3 aromatic rings. The normalized spacial score (nSPS) is 11.5. The molecule has 0 spiro atoms. The number of rotatable bonds is 11. The van der Waals surface area contributed by atoms with Crippen LogP contribution < -0.4 is 0 Å². The molecule has 9 heteroatoms. The van der Waals surface area contributed by atoms with Crippen molar-refractivity contribution in [1.29, 1.82) is 0 Å². The van der Waals surface area contributed by atoms with Gasteiger partial charge >= 0.3 is 0 Å². The van der Waals surface area contributed by atoms with E-state index in [0.717, 1.165) is 22.3 Å². The molecule has 0 fully saturated rings. The lowest BCUT2D eigenvalue weighted by Crippen LogP contribution is -2.10. The molecule has 0 radical (unpaired) electrons. The number of aryl methyl sites for hydroxylation is 2. The summed E-state index contributed by atoms with van der Waals surface area (Å²) in [4.78, 5) is 0. The summed E-state index contributed by atoms with van der Waals surface area (Å²) >= 11 is 1.67. The lowest BCUT2D eigenvalue weighted by molar-refractivity contribution is 0.586. The summed E-state index contributed by atoms with van der Waals surface area (Å²) in [6.07, 6.45) is 10.5. The van der Waals surface area contributed by atoms with Crippen LogP contribution in [0.25, 0.3) is 11.7 Å². The fourth-order valence-electron chi connectivity index (χ4n) is 3.01. The molecule has 0 saturated carbocycles. The second kappa shape index (κ2) is 9.77. The van der Waals surface area contributed by atoms with Gasteiger partial charge in [0, 0.05) is 11.4 Å². The molecule has 0 N–H and O–H groups in total. The molecule has 3 rings (SSSR count). The molecule has 0 aliphatic rings. The van der Waals surface area contributed by atoms with E-state index in [0.29, 0.717) is 11.7 Å². The molecule has 3 heterocycles. The molecular weight excluding hydrogens is 360 g/mol. The number of unbranched alkanes of at least 4 members (excludes halogenated alkanes) is 7. The third kappa shape index (κ3) is 5.24. The van der Waals surface area contributed by atoms with Crippen LogP contribution in [0.15, 0.2) is 11.2 Å². The molecule has 27 heavy (non-hydrogen) atoms. The van der Waals surface area contributed by atoms with Crippen molar-refractivity contribution in [3.63, 3.8) is 0 Å². The molecule has 8 nitrogen and oxygen atoms in total. The molecule has 0 amide bonds. The van der Waals surface area contributed by atoms with E-state index in [1.54, 1.807) is 21.0 Å². The van der Waals surface area contributed by atoms with Gasteiger partial charge in [0.15, 0.2) is 0 Å². The van der Waals surface area contributed by atoms with E-state index in [9.17, 15) is 0 Å². The quantitative estimate of drug-likeness (QED) is 0.363. The zero-order valence-corrected chi connectivity index (χ0v) is 17.2. The Kier molecular flexibility index (Phi) is 7.14. The van der Waals surface area contributed by atoms with Crippen LogP contribution in [-0.2, 0) is 0 Å². The smallest absolute Gasteiger partial charge is 0.200 e. The van der Waals surface area contributed by atoms with Crippen LogP contribution in [0.2, 0.25) is 0 Å². The standard InChI is InChI=1S/C18H28N8S/c1-4-5-6-7-8-9-10-11-12-27-18-22-20-16-19-21-17(24-26(16)18)25-15(3)13-14(2)23-25/h13H,4-12H2,1-3H3. The Morgan fingerprint density at radius 1 is 0.852 bits per heavy atom. The van der Waals surface area contributed by atoms with Gasteiger partial charge in [-0.2, -0.15) is 9.61 Å². The molecule has 146 valence electrons. The number of fused-ring (bicyclic) bond motifs is 1. The van der Waals surface area contributed by atoms with Crippen molar-refractivity contribution in [2.45, 2.75) is 77.3 Å². The van der Waals surface area contributed by atoms with Crippen LogP contribution in [0.3, 0.4) is 0 Å². The fraction of sp³-hybridized carbons (Fsp3) is 0.667. The van der Waals surface area contributed by atoms with Gasteiger partial charge in [0.2, 0.25) is 5.16 Å². The first-order valence-electron chi connectivity index (χ1n) is 9.81. The van der Waals surface area contributed by atoms with Crippen LogP contribution in [0, 0.1) is 13.8 Å². The lowest BCUT2D eigenvalue weighted by atomic mass is 10.1. The molecule has 0 aliphatic heterocycles. The largest absolute Gasteiger partial charge is 0.291 e. The fourth-order valence-corrected chi connectivity index (χ4v) is 3.89. The van der Waals surface area contributed by atoms with E-state index >= 15 is 0 Å². The van der Waals surface area contributed by atoms with Crippen LogP contribution >= 0.6 is 11.8 Å².